The van der Waals surface area contributed by atoms with E-state index in [0.29, 0.717) is 5.69 Å². The van der Waals surface area contributed by atoms with Crippen molar-refractivity contribution >= 4 is 17.8 Å². The van der Waals surface area contributed by atoms with Crippen LogP contribution in [0.15, 0.2) is 10.6 Å². The maximum absolute atomic E-state index is 11.6. The van der Waals surface area contributed by atoms with E-state index in [1.165, 1.54) is 4.90 Å². The maximum atomic E-state index is 11.6. The molecule has 7 nitrogen and oxygen atoms in total. The fourth-order valence-electron chi connectivity index (χ4n) is 1.29. The van der Waals surface area contributed by atoms with Crippen molar-refractivity contribution in [1.29, 1.82) is 0 Å². The first-order valence-electron chi connectivity index (χ1n) is 5.12. The van der Waals surface area contributed by atoms with E-state index in [-0.39, 0.29) is 25.5 Å². The first kappa shape index (κ1) is 13.7. The second kappa shape index (κ2) is 6.42. The third-order valence-corrected chi connectivity index (χ3v) is 1.93. The summed E-state index contributed by atoms with van der Waals surface area (Å²) >= 11 is 0. The molecule has 0 atom stereocenters. The molecule has 0 aromatic carbocycles. The maximum Gasteiger partial charge on any atom is 0.317 e. The topological polar surface area (TPSA) is 95.7 Å². The quantitative estimate of drug-likeness (QED) is 0.688. The van der Waals surface area contributed by atoms with E-state index < -0.39 is 11.9 Å². The molecule has 2 N–H and O–H groups in total. The number of aromatic nitrogens is 1. The van der Waals surface area contributed by atoms with Gasteiger partial charge in [0.25, 0.3) is 0 Å². The first-order valence-corrected chi connectivity index (χ1v) is 5.12. The molecule has 0 aliphatic heterocycles. The minimum absolute atomic E-state index is 0.0785. The lowest BCUT2D eigenvalue weighted by Gasteiger charge is -2.15. The monoisotopic (exact) mass is 251 g/mol. The van der Waals surface area contributed by atoms with Crippen LogP contribution in [0, 0.1) is 19.3 Å². The second-order valence-electron chi connectivity index (χ2n) is 3.62. The van der Waals surface area contributed by atoms with Crippen LogP contribution in [0.1, 0.15) is 5.69 Å². The van der Waals surface area contributed by atoms with E-state index >= 15 is 0 Å². The van der Waals surface area contributed by atoms with Gasteiger partial charge < -0.3 is 9.63 Å². The lowest BCUT2D eigenvalue weighted by molar-refractivity contribution is -0.138. The summed E-state index contributed by atoms with van der Waals surface area (Å²) in [4.78, 5) is 23.5. The summed E-state index contributed by atoms with van der Waals surface area (Å²) in [5, 5.41) is 14.7. The molecule has 1 amide bonds. The van der Waals surface area contributed by atoms with Crippen molar-refractivity contribution in [1.82, 2.24) is 10.1 Å². The molecule has 0 saturated carbocycles. The number of amides is 1. The molecule has 0 radical (unpaired) electrons. The summed E-state index contributed by atoms with van der Waals surface area (Å²) in [6, 6.07) is 1.56. The Morgan fingerprint density at radius 2 is 2.33 bits per heavy atom. The van der Waals surface area contributed by atoms with Crippen molar-refractivity contribution in [2.45, 2.75) is 6.92 Å². The Balaban J connectivity index is 2.50. The summed E-state index contributed by atoms with van der Waals surface area (Å²) in [6.45, 7) is 1.37. The van der Waals surface area contributed by atoms with Gasteiger partial charge in [-0.25, -0.2) is 0 Å². The highest BCUT2D eigenvalue weighted by Crippen LogP contribution is 2.07. The Hall–Kier alpha value is -2.33. The lowest BCUT2D eigenvalue weighted by Crippen LogP contribution is -2.37. The molecule has 0 aliphatic rings. The zero-order valence-corrected chi connectivity index (χ0v) is 9.84. The highest BCUT2D eigenvalue weighted by atomic mass is 16.5. The number of anilines is 1. The Bertz CT molecular complexity index is 475. The Morgan fingerprint density at radius 1 is 1.61 bits per heavy atom. The molecule has 0 unspecified atom stereocenters. The van der Waals surface area contributed by atoms with Gasteiger partial charge in [-0.2, -0.15) is 0 Å². The summed E-state index contributed by atoms with van der Waals surface area (Å²) in [5.74, 6) is 1.05. The molecule has 18 heavy (non-hydrogen) atoms. The van der Waals surface area contributed by atoms with Crippen LogP contribution >= 0.6 is 0 Å². The number of carbonyl (C=O) groups excluding carboxylic acids is 1. The molecule has 1 rings (SSSR count). The van der Waals surface area contributed by atoms with E-state index in [1.807, 2.05) is 0 Å². The van der Waals surface area contributed by atoms with Crippen molar-refractivity contribution < 1.29 is 19.2 Å². The van der Waals surface area contributed by atoms with Crippen LogP contribution in [-0.4, -0.2) is 46.7 Å². The number of rotatable bonds is 6. The highest BCUT2D eigenvalue weighted by Gasteiger charge is 2.14. The third kappa shape index (κ3) is 4.67. The van der Waals surface area contributed by atoms with Crippen molar-refractivity contribution in [3.05, 3.63) is 11.8 Å². The number of nitrogens with one attached hydrogen (secondary N) is 1. The molecular formula is C11H13N3O4. The van der Waals surface area contributed by atoms with Crippen molar-refractivity contribution in [3.8, 4) is 12.3 Å². The van der Waals surface area contributed by atoms with Gasteiger partial charge in [-0.3, -0.25) is 19.8 Å². The first-order chi connectivity index (χ1) is 8.51. The second-order valence-corrected chi connectivity index (χ2v) is 3.62. The van der Waals surface area contributed by atoms with E-state index in [1.54, 1.807) is 13.0 Å². The number of carbonyl (C=O) groups is 2. The number of hydrogen-bond acceptors (Lipinski definition) is 5. The minimum Gasteiger partial charge on any atom is -0.480 e. The van der Waals surface area contributed by atoms with Gasteiger partial charge in [-0.15, -0.1) is 6.42 Å². The van der Waals surface area contributed by atoms with Crippen LogP contribution < -0.4 is 5.32 Å². The van der Waals surface area contributed by atoms with E-state index in [2.05, 4.69) is 16.4 Å². The minimum atomic E-state index is -1.05. The SMILES string of the molecule is C#CCN(CC(=O)O)CC(=O)Nc1cc(C)no1. The number of hydrogen-bond donors (Lipinski definition) is 2. The fourth-order valence-corrected chi connectivity index (χ4v) is 1.29. The third-order valence-electron chi connectivity index (χ3n) is 1.93. The number of aliphatic carboxylic acids is 1. The normalized spacial score (nSPS) is 10.1. The van der Waals surface area contributed by atoms with Gasteiger partial charge in [0.05, 0.1) is 25.3 Å². The average molecular weight is 251 g/mol. The molecule has 1 aromatic rings. The van der Waals surface area contributed by atoms with Crippen LogP contribution in [0.3, 0.4) is 0 Å². The summed E-state index contributed by atoms with van der Waals surface area (Å²) in [5.41, 5.74) is 0.635. The van der Waals surface area contributed by atoms with Crippen molar-refractivity contribution in [3.63, 3.8) is 0 Å². The summed E-state index contributed by atoms with van der Waals surface area (Å²) in [7, 11) is 0. The highest BCUT2D eigenvalue weighted by molar-refractivity contribution is 5.91. The number of carboxylic acids is 1. The molecule has 96 valence electrons. The molecule has 0 spiro atoms. The predicted octanol–water partition coefficient (Wildman–Crippen LogP) is -0.0587. The number of terminal acetylenes is 1. The molecule has 0 fully saturated rings. The molecule has 0 saturated heterocycles. The fraction of sp³-hybridized carbons (Fsp3) is 0.364. The number of aryl methyl sites for hydroxylation is 1. The van der Waals surface area contributed by atoms with Gasteiger partial charge in [0, 0.05) is 6.07 Å². The van der Waals surface area contributed by atoms with Crippen LogP contribution in [0.2, 0.25) is 0 Å². The zero-order valence-electron chi connectivity index (χ0n) is 9.84. The van der Waals surface area contributed by atoms with Gasteiger partial charge in [0.2, 0.25) is 11.8 Å². The van der Waals surface area contributed by atoms with Crippen LogP contribution in [0.5, 0.6) is 0 Å². The van der Waals surface area contributed by atoms with Gasteiger partial charge in [0.15, 0.2) is 0 Å². The smallest absolute Gasteiger partial charge is 0.317 e. The standard InChI is InChI=1S/C11H13N3O4/c1-3-4-14(7-11(16)17)6-9(15)12-10-5-8(2)13-18-10/h1,5H,4,6-7H2,2H3,(H,12,15)(H,16,17). The Morgan fingerprint density at radius 3 is 2.83 bits per heavy atom. The Labute approximate surface area is 104 Å². The molecule has 7 heteroatoms. The van der Waals surface area contributed by atoms with Crippen LogP contribution in [-0.2, 0) is 9.59 Å². The summed E-state index contributed by atoms with van der Waals surface area (Å²) in [6.07, 6.45) is 5.09. The van der Waals surface area contributed by atoms with Gasteiger partial charge >= 0.3 is 5.97 Å². The largest absolute Gasteiger partial charge is 0.480 e. The van der Waals surface area contributed by atoms with Crippen LogP contribution in [0.25, 0.3) is 0 Å². The van der Waals surface area contributed by atoms with Gasteiger partial charge in [-0.05, 0) is 6.92 Å². The van der Waals surface area contributed by atoms with Gasteiger partial charge in [-0.1, -0.05) is 11.1 Å². The Kier molecular flexibility index (Phi) is 4.90. The van der Waals surface area contributed by atoms with Crippen molar-refractivity contribution in [2.75, 3.05) is 25.0 Å². The van der Waals surface area contributed by atoms with Gasteiger partial charge in [0.1, 0.15) is 0 Å². The van der Waals surface area contributed by atoms with Crippen molar-refractivity contribution in [2.24, 2.45) is 0 Å². The predicted molar refractivity (Wildman–Crippen MR) is 62.8 cm³/mol. The zero-order chi connectivity index (χ0) is 13.5. The van der Waals surface area contributed by atoms with Crippen LogP contribution in [0.4, 0.5) is 5.88 Å². The van der Waals surface area contributed by atoms with E-state index in [0.717, 1.165) is 0 Å². The van der Waals surface area contributed by atoms with E-state index in [9.17, 15) is 9.59 Å². The summed E-state index contributed by atoms with van der Waals surface area (Å²) < 4.78 is 4.80. The van der Waals surface area contributed by atoms with E-state index in [4.69, 9.17) is 16.1 Å². The number of nitrogens with zero attached hydrogens (tertiary/aromatic N) is 2. The molecule has 0 bridgehead atoms. The number of carboxylic acid groups (broad SMARTS) is 1. The molecule has 1 aromatic heterocycles. The molecule has 0 aliphatic carbocycles. The lowest BCUT2D eigenvalue weighted by atomic mass is 10.4. The average Bonchev–Trinajstić information content (AvgIpc) is 2.62. The molecule has 1 heterocycles. The molecular weight excluding hydrogens is 238 g/mol.